The van der Waals surface area contributed by atoms with E-state index in [0.29, 0.717) is 18.7 Å². The van der Waals surface area contributed by atoms with Gasteiger partial charge in [0.15, 0.2) is 0 Å². The highest BCUT2D eigenvalue weighted by Crippen LogP contribution is 2.27. The standard InChI is InChI=1S/C14H18F3N3O2/c15-14(16,17)12-4-3-10(6-18-12)7-19-13(22)20-5-1-2-11(8-20)9-21/h3-4,6,11,21H,1-2,5,7-9H2,(H,19,22). The third-order valence-electron chi connectivity index (χ3n) is 3.62. The predicted molar refractivity (Wildman–Crippen MR) is 72.9 cm³/mol. The van der Waals surface area contributed by atoms with Crippen LogP contribution < -0.4 is 5.32 Å². The number of hydrogen-bond acceptors (Lipinski definition) is 3. The van der Waals surface area contributed by atoms with Crippen molar-refractivity contribution in [2.45, 2.75) is 25.6 Å². The van der Waals surface area contributed by atoms with Crippen LogP contribution in [0.2, 0.25) is 0 Å². The molecular formula is C14H18F3N3O2. The van der Waals surface area contributed by atoms with Gasteiger partial charge < -0.3 is 15.3 Å². The molecular weight excluding hydrogens is 299 g/mol. The fraction of sp³-hybridized carbons (Fsp3) is 0.571. The Bertz CT molecular complexity index is 505. The van der Waals surface area contributed by atoms with E-state index in [1.807, 2.05) is 0 Å². The maximum atomic E-state index is 12.4. The Labute approximate surface area is 126 Å². The zero-order valence-electron chi connectivity index (χ0n) is 11.9. The summed E-state index contributed by atoms with van der Waals surface area (Å²) in [6.07, 6.45) is -1.63. The van der Waals surface area contributed by atoms with Gasteiger partial charge in [-0.25, -0.2) is 4.79 Å². The summed E-state index contributed by atoms with van der Waals surface area (Å²) < 4.78 is 37.2. The van der Waals surface area contributed by atoms with E-state index in [0.717, 1.165) is 25.1 Å². The molecule has 1 aliphatic rings. The van der Waals surface area contributed by atoms with Crippen LogP contribution >= 0.6 is 0 Å². The number of urea groups is 1. The van der Waals surface area contributed by atoms with E-state index in [1.54, 1.807) is 4.90 Å². The molecule has 0 bridgehead atoms. The number of aliphatic hydroxyl groups is 1. The summed E-state index contributed by atoms with van der Waals surface area (Å²) in [6, 6.07) is 1.91. The van der Waals surface area contributed by atoms with Gasteiger partial charge in [0.1, 0.15) is 5.69 Å². The molecule has 1 atom stereocenters. The number of carbonyl (C=O) groups excluding carboxylic acids is 1. The van der Waals surface area contributed by atoms with Gasteiger partial charge in [0, 0.05) is 32.4 Å². The molecule has 0 radical (unpaired) electrons. The van der Waals surface area contributed by atoms with Crippen molar-refractivity contribution in [1.29, 1.82) is 0 Å². The molecule has 0 aromatic carbocycles. The number of hydrogen-bond donors (Lipinski definition) is 2. The summed E-state index contributed by atoms with van der Waals surface area (Å²) >= 11 is 0. The van der Waals surface area contributed by atoms with Crippen LogP contribution in [0.5, 0.6) is 0 Å². The Morgan fingerprint density at radius 1 is 1.45 bits per heavy atom. The molecule has 2 amide bonds. The molecule has 0 aliphatic carbocycles. The molecule has 1 unspecified atom stereocenters. The Morgan fingerprint density at radius 2 is 2.23 bits per heavy atom. The monoisotopic (exact) mass is 317 g/mol. The molecule has 2 N–H and O–H groups in total. The van der Waals surface area contributed by atoms with Crippen molar-refractivity contribution >= 4 is 6.03 Å². The number of likely N-dealkylation sites (tertiary alicyclic amines) is 1. The first-order valence-electron chi connectivity index (χ1n) is 7.06. The van der Waals surface area contributed by atoms with E-state index in [2.05, 4.69) is 10.3 Å². The average Bonchev–Trinajstić information content (AvgIpc) is 2.52. The van der Waals surface area contributed by atoms with Crippen LogP contribution in [0, 0.1) is 5.92 Å². The lowest BCUT2D eigenvalue weighted by Crippen LogP contribution is -2.45. The van der Waals surface area contributed by atoms with Crippen LogP contribution in [0.25, 0.3) is 0 Å². The summed E-state index contributed by atoms with van der Waals surface area (Å²) in [4.78, 5) is 16.9. The van der Waals surface area contributed by atoms with Crippen LogP contribution in [0.15, 0.2) is 18.3 Å². The van der Waals surface area contributed by atoms with E-state index < -0.39 is 11.9 Å². The first-order chi connectivity index (χ1) is 10.4. The zero-order chi connectivity index (χ0) is 16.2. The van der Waals surface area contributed by atoms with Crippen molar-refractivity contribution in [3.63, 3.8) is 0 Å². The molecule has 0 saturated carbocycles. The van der Waals surface area contributed by atoms with Gasteiger partial charge in [0.2, 0.25) is 0 Å². The van der Waals surface area contributed by atoms with Gasteiger partial charge in [-0.1, -0.05) is 6.07 Å². The van der Waals surface area contributed by atoms with Crippen molar-refractivity contribution < 1.29 is 23.1 Å². The minimum Gasteiger partial charge on any atom is -0.396 e. The van der Waals surface area contributed by atoms with Crippen LogP contribution in [-0.4, -0.2) is 40.7 Å². The first kappa shape index (κ1) is 16.5. The Morgan fingerprint density at radius 3 is 2.82 bits per heavy atom. The number of amides is 2. The number of halogens is 3. The number of carbonyl (C=O) groups is 1. The Balaban J connectivity index is 1.86. The van der Waals surface area contributed by atoms with Crippen molar-refractivity contribution in [3.05, 3.63) is 29.6 Å². The van der Waals surface area contributed by atoms with Crippen LogP contribution in [-0.2, 0) is 12.7 Å². The fourth-order valence-corrected chi connectivity index (χ4v) is 2.38. The van der Waals surface area contributed by atoms with E-state index in [1.165, 1.54) is 6.07 Å². The van der Waals surface area contributed by atoms with E-state index in [9.17, 15) is 18.0 Å². The summed E-state index contributed by atoms with van der Waals surface area (Å²) in [6.45, 7) is 1.28. The first-order valence-corrected chi connectivity index (χ1v) is 7.06. The summed E-state index contributed by atoms with van der Waals surface area (Å²) in [7, 11) is 0. The van der Waals surface area contributed by atoms with E-state index in [-0.39, 0.29) is 25.1 Å². The second-order valence-electron chi connectivity index (χ2n) is 5.34. The molecule has 1 aromatic heterocycles. The molecule has 22 heavy (non-hydrogen) atoms. The largest absolute Gasteiger partial charge is 0.433 e. The number of pyridine rings is 1. The molecule has 2 rings (SSSR count). The summed E-state index contributed by atoms with van der Waals surface area (Å²) in [5, 5.41) is 11.8. The molecule has 5 nitrogen and oxygen atoms in total. The van der Waals surface area contributed by atoms with Gasteiger partial charge in [-0.05, 0) is 30.4 Å². The predicted octanol–water partition coefficient (Wildman–Crippen LogP) is 2.01. The molecule has 1 saturated heterocycles. The number of nitrogens with one attached hydrogen (secondary N) is 1. The van der Waals surface area contributed by atoms with Crippen LogP contribution in [0.3, 0.4) is 0 Å². The van der Waals surface area contributed by atoms with Crippen molar-refractivity contribution in [1.82, 2.24) is 15.2 Å². The highest BCUT2D eigenvalue weighted by molar-refractivity contribution is 5.74. The molecule has 1 fully saturated rings. The van der Waals surface area contributed by atoms with Gasteiger partial charge >= 0.3 is 12.2 Å². The molecule has 1 aromatic rings. The molecule has 2 heterocycles. The quantitative estimate of drug-likeness (QED) is 0.896. The number of rotatable bonds is 3. The van der Waals surface area contributed by atoms with Gasteiger partial charge in [-0.3, -0.25) is 4.98 Å². The maximum absolute atomic E-state index is 12.4. The fourth-order valence-electron chi connectivity index (χ4n) is 2.38. The van der Waals surface area contributed by atoms with Crippen molar-refractivity contribution in [3.8, 4) is 0 Å². The number of alkyl halides is 3. The van der Waals surface area contributed by atoms with Gasteiger partial charge in [0.05, 0.1) is 0 Å². The molecule has 1 aliphatic heterocycles. The summed E-state index contributed by atoms with van der Waals surface area (Å²) in [5.41, 5.74) is -0.457. The highest BCUT2D eigenvalue weighted by Gasteiger charge is 2.32. The third kappa shape index (κ3) is 4.33. The SMILES string of the molecule is O=C(NCc1ccc(C(F)(F)F)nc1)N1CCCC(CO)C1. The highest BCUT2D eigenvalue weighted by atomic mass is 19.4. The maximum Gasteiger partial charge on any atom is 0.433 e. The van der Waals surface area contributed by atoms with Crippen LogP contribution in [0.1, 0.15) is 24.1 Å². The summed E-state index contributed by atoms with van der Waals surface area (Å²) in [5.74, 6) is 0.0900. The Hall–Kier alpha value is -1.83. The number of aromatic nitrogens is 1. The van der Waals surface area contributed by atoms with Gasteiger partial charge in [-0.2, -0.15) is 13.2 Å². The number of nitrogens with zero attached hydrogens (tertiary/aromatic N) is 2. The lowest BCUT2D eigenvalue weighted by Gasteiger charge is -2.31. The molecule has 0 spiro atoms. The lowest BCUT2D eigenvalue weighted by molar-refractivity contribution is -0.141. The lowest BCUT2D eigenvalue weighted by atomic mass is 9.99. The third-order valence-corrected chi connectivity index (χ3v) is 3.62. The normalized spacial score (nSPS) is 19.1. The zero-order valence-corrected chi connectivity index (χ0v) is 11.9. The van der Waals surface area contributed by atoms with Gasteiger partial charge in [-0.15, -0.1) is 0 Å². The van der Waals surface area contributed by atoms with Crippen molar-refractivity contribution in [2.24, 2.45) is 5.92 Å². The average molecular weight is 317 g/mol. The van der Waals surface area contributed by atoms with Crippen molar-refractivity contribution in [2.75, 3.05) is 19.7 Å². The number of aliphatic hydroxyl groups excluding tert-OH is 1. The second kappa shape index (κ2) is 6.95. The smallest absolute Gasteiger partial charge is 0.396 e. The van der Waals surface area contributed by atoms with Crippen LogP contribution in [0.4, 0.5) is 18.0 Å². The van der Waals surface area contributed by atoms with E-state index >= 15 is 0 Å². The topological polar surface area (TPSA) is 65.5 Å². The second-order valence-corrected chi connectivity index (χ2v) is 5.34. The van der Waals surface area contributed by atoms with E-state index in [4.69, 9.17) is 5.11 Å². The number of piperidine rings is 1. The van der Waals surface area contributed by atoms with Gasteiger partial charge in [0.25, 0.3) is 0 Å². The molecule has 8 heteroatoms. The minimum atomic E-state index is -4.46. The minimum absolute atomic E-state index is 0.0482. The Kier molecular flexibility index (Phi) is 5.23. The molecule has 122 valence electrons.